The van der Waals surface area contributed by atoms with E-state index in [0.29, 0.717) is 37.7 Å². The highest BCUT2D eigenvalue weighted by atomic mass is 35.5. The molecule has 1 saturated heterocycles. The number of Topliss-reactive ketones (excluding diaryl/α,β-unsaturated/α-hetero) is 1. The van der Waals surface area contributed by atoms with Crippen LogP contribution in [0.5, 0.6) is 0 Å². The Morgan fingerprint density at radius 2 is 1.73 bits per heavy atom. The molecule has 0 bridgehead atoms. The molecule has 1 fully saturated rings. The van der Waals surface area contributed by atoms with E-state index in [4.69, 9.17) is 11.6 Å². The van der Waals surface area contributed by atoms with Crippen LogP contribution < -0.4 is 0 Å². The lowest BCUT2D eigenvalue weighted by atomic mass is 9.94. The lowest BCUT2D eigenvalue weighted by molar-refractivity contribution is -0.118. The van der Waals surface area contributed by atoms with Crippen LogP contribution in [0, 0.1) is 0 Å². The molecule has 0 N–H and O–H groups in total. The number of halogens is 1. The molecule has 2 rings (SSSR count). The first-order chi connectivity index (χ1) is 10.3. The van der Waals surface area contributed by atoms with Crippen molar-refractivity contribution in [1.82, 2.24) is 9.21 Å². The molecule has 122 valence electrons. The zero-order valence-electron chi connectivity index (χ0n) is 12.8. The summed E-state index contributed by atoms with van der Waals surface area (Å²) in [5.74, 6) is -0.102. The fourth-order valence-corrected chi connectivity index (χ4v) is 3.62. The number of hydrogen-bond acceptors (Lipinski definition) is 4. The molecule has 5 nitrogen and oxygen atoms in total. The Kier molecular flexibility index (Phi) is 5.60. The normalized spacial score (nSPS) is 19.0. The van der Waals surface area contributed by atoms with Gasteiger partial charge in [-0.1, -0.05) is 23.7 Å². The minimum Gasteiger partial charge on any atom is -0.300 e. The Balaban J connectivity index is 2.01. The zero-order chi connectivity index (χ0) is 16.3. The van der Waals surface area contributed by atoms with Gasteiger partial charge in [-0.3, -0.25) is 9.69 Å². The van der Waals surface area contributed by atoms with Crippen molar-refractivity contribution >= 4 is 27.4 Å². The average Bonchev–Trinajstić information content (AvgIpc) is 2.45. The predicted molar refractivity (Wildman–Crippen MR) is 87.7 cm³/mol. The molecule has 1 aromatic carbocycles. The van der Waals surface area contributed by atoms with Gasteiger partial charge in [0.25, 0.3) is 0 Å². The summed E-state index contributed by atoms with van der Waals surface area (Å²) in [6.45, 7) is 4.43. The van der Waals surface area contributed by atoms with Gasteiger partial charge in [0.15, 0.2) is 0 Å². The summed E-state index contributed by atoms with van der Waals surface area (Å²) in [6.07, 6.45) is 1.23. The molecule has 0 aliphatic carbocycles. The van der Waals surface area contributed by atoms with Gasteiger partial charge in [-0.2, -0.15) is 4.31 Å². The fourth-order valence-electron chi connectivity index (χ4n) is 2.67. The van der Waals surface area contributed by atoms with Crippen molar-refractivity contribution in [2.75, 3.05) is 39.0 Å². The number of nitrogens with zero attached hydrogens (tertiary/aromatic N) is 2. The first-order valence-corrected chi connectivity index (χ1v) is 9.43. The Morgan fingerprint density at radius 3 is 2.18 bits per heavy atom. The molecule has 1 aliphatic heterocycles. The van der Waals surface area contributed by atoms with Crippen LogP contribution in [0.4, 0.5) is 0 Å². The summed E-state index contributed by atoms with van der Waals surface area (Å²) in [6, 6.07) is 7.32. The molecule has 0 radical (unpaired) electrons. The molecule has 1 atom stereocenters. The molecule has 22 heavy (non-hydrogen) atoms. The molecule has 0 unspecified atom stereocenters. The molecule has 1 aliphatic rings. The van der Waals surface area contributed by atoms with Crippen LogP contribution in [-0.2, 0) is 14.8 Å². The quantitative estimate of drug-likeness (QED) is 0.814. The van der Waals surface area contributed by atoms with Gasteiger partial charge in [0.1, 0.15) is 5.78 Å². The van der Waals surface area contributed by atoms with Gasteiger partial charge in [0.05, 0.1) is 12.2 Å². The number of ketones is 1. The Hall–Kier alpha value is -0.950. The van der Waals surface area contributed by atoms with Crippen LogP contribution in [0.25, 0.3) is 0 Å². The Bertz CT molecular complexity index is 623. The van der Waals surface area contributed by atoms with E-state index in [1.807, 2.05) is 12.1 Å². The number of sulfonamides is 1. The van der Waals surface area contributed by atoms with Crippen molar-refractivity contribution < 1.29 is 13.2 Å². The van der Waals surface area contributed by atoms with Crippen molar-refractivity contribution in [3.8, 4) is 0 Å². The third-order valence-corrected chi connectivity index (χ3v) is 5.56. The molecule has 0 spiro atoms. The van der Waals surface area contributed by atoms with E-state index in [1.165, 1.54) is 10.6 Å². The van der Waals surface area contributed by atoms with E-state index in [9.17, 15) is 13.2 Å². The third kappa shape index (κ3) is 4.52. The van der Waals surface area contributed by atoms with Crippen LogP contribution in [0.15, 0.2) is 24.3 Å². The second-order valence-corrected chi connectivity index (χ2v) is 8.10. The second kappa shape index (κ2) is 7.08. The number of rotatable bonds is 5. The van der Waals surface area contributed by atoms with Gasteiger partial charge in [-0.05, 0) is 24.6 Å². The highest BCUT2D eigenvalue weighted by Gasteiger charge is 2.26. The maximum atomic E-state index is 12.0. The Morgan fingerprint density at radius 1 is 1.18 bits per heavy atom. The van der Waals surface area contributed by atoms with E-state index in [1.54, 1.807) is 19.1 Å². The second-order valence-electron chi connectivity index (χ2n) is 5.68. The molecule has 0 amide bonds. The molecule has 0 saturated carbocycles. The number of piperazine rings is 1. The first-order valence-electron chi connectivity index (χ1n) is 7.21. The molecule has 0 aromatic heterocycles. The lowest BCUT2D eigenvalue weighted by Gasteiger charge is -2.34. The summed E-state index contributed by atoms with van der Waals surface area (Å²) in [4.78, 5) is 14.1. The monoisotopic (exact) mass is 344 g/mol. The molecule has 1 aromatic rings. The number of carbonyl (C=O) groups excluding carboxylic acids is 1. The summed E-state index contributed by atoms with van der Waals surface area (Å²) in [5.41, 5.74) is 0.947. The van der Waals surface area contributed by atoms with Crippen molar-refractivity contribution in [3.63, 3.8) is 0 Å². The van der Waals surface area contributed by atoms with Crippen molar-refractivity contribution in [1.29, 1.82) is 0 Å². The van der Waals surface area contributed by atoms with Gasteiger partial charge in [-0.25, -0.2) is 8.42 Å². The predicted octanol–water partition coefficient (Wildman–Crippen LogP) is 1.59. The van der Waals surface area contributed by atoms with E-state index in [-0.39, 0.29) is 11.7 Å². The first kappa shape index (κ1) is 17.4. The summed E-state index contributed by atoms with van der Waals surface area (Å²) >= 11 is 5.89. The van der Waals surface area contributed by atoms with Gasteiger partial charge in [-0.15, -0.1) is 0 Å². The number of hydrogen-bond donors (Lipinski definition) is 0. The number of benzene rings is 1. The molecule has 7 heteroatoms. The molecular formula is C15H21ClN2O3S. The summed E-state index contributed by atoms with van der Waals surface area (Å²) in [7, 11) is -3.13. The lowest BCUT2D eigenvalue weighted by Crippen LogP contribution is -2.49. The van der Waals surface area contributed by atoms with Gasteiger partial charge in [0.2, 0.25) is 10.0 Å². The minimum absolute atomic E-state index is 0.105. The smallest absolute Gasteiger partial charge is 0.211 e. The largest absolute Gasteiger partial charge is 0.300 e. The topological polar surface area (TPSA) is 57.7 Å². The number of carbonyl (C=O) groups is 1. The SMILES string of the molecule is CC(=O)[C@@H](CN1CCN(S(C)(=O)=O)CC1)c1ccc(Cl)cc1. The fraction of sp³-hybridized carbons (Fsp3) is 0.533. The van der Waals surface area contributed by atoms with Gasteiger partial charge in [0, 0.05) is 37.7 Å². The summed E-state index contributed by atoms with van der Waals surface area (Å²) < 4.78 is 24.5. The van der Waals surface area contributed by atoms with Crippen LogP contribution in [0.3, 0.4) is 0 Å². The van der Waals surface area contributed by atoms with E-state index in [0.717, 1.165) is 5.56 Å². The van der Waals surface area contributed by atoms with E-state index < -0.39 is 10.0 Å². The highest BCUT2D eigenvalue weighted by molar-refractivity contribution is 7.88. The van der Waals surface area contributed by atoms with Crippen LogP contribution in [0.2, 0.25) is 5.02 Å². The van der Waals surface area contributed by atoms with Crippen LogP contribution in [-0.4, -0.2) is 62.4 Å². The van der Waals surface area contributed by atoms with Gasteiger partial charge >= 0.3 is 0 Å². The molecular weight excluding hydrogens is 324 g/mol. The van der Waals surface area contributed by atoms with Crippen molar-refractivity contribution in [3.05, 3.63) is 34.9 Å². The standard InChI is InChI=1S/C15H21ClN2O3S/c1-12(19)15(13-3-5-14(16)6-4-13)11-17-7-9-18(10-8-17)22(2,20)21/h3-6,15H,7-11H2,1-2H3/t15-/m1/s1. The van der Waals surface area contributed by atoms with Crippen molar-refractivity contribution in [2.45, 2.75) is 12.8 Å². The molecule has 1 heterocycles. The van der Waals surface area contributed by atoms with Gasteiger partial charge < -0.3 is 0 Å². The summed E-state index contributed by atoms with van der Waals surface area (Å²) in [5, 5.41) is 0.646. The maximum absolute atomic E-state index is 12.0. The zero-order valence-corrected chi connectivity index (χ0v) is 14.4. The van der Waals surface area contributed by atoms with Crippen molar-refractivity contribution in [2.24, 2.45) is 0 Å². The third-order valence-electron chi connectivity index (χ3n) is 4.00. The maximum Gasteiger partial charge on any atom is 0.211 e. The van der Waals surface area contributed by atoms with Crippen LogP contribution >= 0.6 is 11.6 Å². The highest BCUT2D eigenvalue weighted by Crippen LogP contribution is 2.21. The van der Waals surface area contributed by atoms with E-state index in [2.05, 4.69) is 4.90 Å². The average molecular weight is 345 g/mol. The van der Waals surface area contributed by atoms with Crippen LogP contribution in [0.1, 0.15) is 18.4 Å². The van der Waals surface area contributed by atoms with E-state index >= 15 is 0 Å². The minimum atomic E-state index is -3.13. The Labute approximate surface area is 136 Å².